The summed E-state index contributed by atoms with van der Waals surface area (Å²) in [5, 5.41) is 5.43. The van der Waals surface area contributed by atoms with Gasteiger partial charge in [-0.25, -0.2) is 0 Å². The zero-order valence-corrected chi connectivity index (χ0v) is 25.4. The molecule has 0 bridgehead atoms. The van der Waals surface area contributed by atoms with Crippen LogP contribution in [0.5, 0.6) is 5.75 Å². The van der Waals surface area contributed by atoms with E-state index in [1.165, 1.54) is 19.3 Å². The monoisotopic (exact) mass is 613 g/mol. The largest absolute Gasteiger partial charge is 0.492 e. The summed E-state index contributed by atoms with van der Waals surface area (Å²) in [6, 6.07) is 11.0. The summed E-state index contributed by atoms with van der Waals surface area (Å²) < 4.78 is 6.07. The maximum absolute atomic E-state index is 13.4. The van der Waals surface area contributed by atoms with Crippen LogP contribution in [0.3, 0.4) is 0 Å². The number of hydrogen-bond donors (Lipinski definition) is 2. The van der Waals surface area contributed by atoms with Gasteiger partial charge < -0.3 is 15.0 Å². The number of benzene rings is 2. The molecule has 0 spiro atoms. The second-order valence-corrected chi connectivity index (χ2v) is 12.8. The van der Waals surface area contributed by atoms with E-state index in [0.29, 0.717) is 30.5 Å². The normalized spacial score (nSPS) is 23.2. The third-order valence-corrected chi connectivity index (χ3v) is 10.0. The van der Waals surface area contributed by atoms with Gasteiger partial charge in [0.25, 0.3) is 17.7 Å². The second-order valence-electron chi connectivity index (χ2n) is 12.8. The van der Waals surface area contributed by atoms with Gasteiger partial charge in [0.05, 0.1) is 11.1 Å². The van der Waals surface area contributed by atoms with Crippen molar-refractivity contribution in [1.82, 2.24) is 20.4 Å². The number of fused-ring (bicyclic) bond motifs is 2. The molecule has 7 rings (SSSR count). The Labute approximate surface area is 262 Å². The van der Waals surface area contributed by atoms with Gasteiger partial charge in [0.15, 0.2) is 0 Å². The highest BCUT2D eigenvalue weighted by molar-refractivity contribution is 6.23. The van der Waals surface area contributed by atoms with Crippen LogP contribution < -0.4 is 20.3 Å². The molecule has 1 aliphatic carbocycles. The van der Waals surface area contributed by atoms with Gasteiger partial charge in [-0.05, 0) is 68.5 Å². The highest BCUT2D eigenvalue weighted by Gasteiger charge is 2.45. The molecule has 2 aromatic carbocycles. The Balaban J connectivity index is 0.979. The summed E-state index contributed by atoms with van der Waals surface area (Å²) in [5.41, 5.74) is 3.19. The number of nitrogens with zero attached hydrogens (tertiary/aromatic N) is 3. The molecule has 11 nitrogen and oxygen atoms in total. The summed E-state index contributed by atoms with van der Waals surface area (Å²) in [7, 11) is 0. The van der Waals surface area contributed by atoms with Crippen LogP contribution >= 0.6 is 0 Å². The Morgan fingerprint density at radius 2 is 1.56 bits per heavy atom. The predicted octanol–water partition coefficient (Wildman–Crippen LogP) is 3.01. The first-order valence-corrected chi connectivity index (χ1v) is 16.3. The van der Waals surface area contributed by atoms with E-state index < -0.39 is 29.7 Å². The molecule has 11 heteroatoms. The molecular formula is C34H39N5O6. The number of anilines is 1. The Bertz CT molecular complexity index is 1530. The zero-order valence-electron chi connectivity index (χ0n) is 25.4. The maximum Gasteiger partial charge on any atom is 0.262 e. The minimum Gasteiger partial charge on any atom is -0.492 e. The van der Waals surface area contributed by atoms with Crippen LogP contribution in [-0.4, -0.2) is 83.7 Å². The van der Waals surface area contributed by atoms with Crippen LogP contribution in [0, 0.1) is 0 Å². The number of hydrogen-bond acceptors (Lipinski definition) is 8. The number of ether oxygens (including phenoxy) is 1. The first-order valence-electron chi connectivity index (χ1n) is 16.3. The topological polar surface area (TPSA) is 128 Å². The van der Waals surface area contributed by atoms with Gasteiger partial charge in [-0.2, -0.15) is 0 Å². The maximum atomic E-state index is 13.4. The molecule has 1 saturated carbocycles. The lowest BCUT2D eigenvalue weighted by molar-refractivity contribution is -0.136. The van der Waals surface area contributed by atoms with Crippen molar-refractivity contribution in [2.45, 2.75) is 82.5 Å². The van der Waals surface area contributed by atoms with Crippen molar-refractivity contribution in [2.75, 3.05) is 31.1 Å². The molecule has 5 aliphatic rings. The van der Waals surface area contributed by atoms with Crippen LogP contribution in [0.1, 0.15) is 94.4 Å². The van der Waals surface area contributed by atoms with E-state index in [1.807, 2.05) is 24.3 Å². The third kappa shape index (κ3) is 5.81. The van der Waals surface area contributed by atoms with Crippen LogP contribution in [0.4, 0.5) is 5.69 Å². The van der Waals surface area contributed by atoms with Gasteiger partial charge in [-0.3, -0.25) is 39.1 Å². The van der Waals surface area contributed by atoms with Crippen LogP contribution in [-0.2, 0) is 16.1 Å². The molecule has 4 aliphatic heterocycles. The van der Waals surface area contributed by atoms with Crippen molar-refractivity contribution in [3.8, 4) is 5.75 Å². The van der Waals surface area contributed by atoms with Gasteiger partial charge >= 0.3 is 0 Å². The fourth-order valence-electron chi connectivity index (χ4n) is 7.51. The lowest BCUT2D eigenvalue weighted by atomic mass is 9.95. The van der Waals surface area contributed by atoms with Crippen molar-refractivity contribution >= 4 is 35.2 Å². The summed E-state index contributed by atoms with van der Waals surface area (Å²) in [6.07, 6.45) is 7.89. The van der Waals surface area contributed by atoms with E-state index in [1.54, 1.807) is 12.1 Å². The highest BCUT2D eigenvalue weighted by atomic mass is 16.5. The Hall–Kier alpha value is -4.25. The summed E-state index contributed by atoms with van der Waals surface area (Å²) in [4.78, 5) is 69.2. The van der Waals surface area contributed by atoms with E-state index in [4.69, 9.17) is 4.74 Å². The SMILES string of the molecule is O=C1CCC(N2C(=O)c3cc4c(cc3C2=O)OCCN(C2CCN(c3ccc(C(=O)NC5CCCCC5)cc3)CC2)C4)C(=O)N1. The fraction of sp³-hybridized carbons (Fsp3) is 0.500. The van der Waals surface area contributed by atoms with Gasteiger partial charge in [0.2, 0.25) is 11.8 Å². The van der Waals surface area contributed by atoms with Crippen molar-refractivity contribution in [3.05, 3.63) is 58.7 Å². The summed E-state index contributed by atoms with van der Waals surface area (Å²) in [5.74, 6) is -1.45. The molecule has 1 atom stereocenters. The second kappa shape index (κ2) is 12.3. The number of piperidine rings is 2. The van der Waals surface area contributed by atoms with Crippen molar-refractivity contribution in [2.24, 2.45) is 0 Å². The minimum atomic E-state index is -0.993. The molecule has 0 radical (unpaired) electrons. The van der Waals surface area contributed by atoms with Crippen molar-refractivity contribution < 1.29 is 28.7 Å². The van der Waals surface area contributed by atoms with E-state index >= 15 is 0 Å². The number of amides is 5. The van der Waals surface area contributed by atoms with Gasteiger partial charge in [-0.1, -0.05) is 19.3 Å². The zero-order chi connectivity index (χ0) is 31.1. The van der Waals surface area contributed by atoms with E-state index in [-0.39, 0.29) is 35.9 Å². The molecule has 236 valence electrons. The average Bonchev–Trinajstić information content (AvgIpc) is 3.18. The molecule has 3 fully saturated rings. The first-order chi connectivity index (χ1) is 21.9. The fourth-order valence-corrected chi connectivity index (χ4v) is 7.51. The number of rotatable bonds is 5. The Kier molecular flexibility index (Phi) is 8.03. The molecule has 2 N–H and O–H groups in total. The van der Waals surface area contributed by atoms with E-state index in [0.717, 1.165) is 61.5 Å². The average molecular weight is 614 g/mol. The third-order valence-electron chi connectivity index (χ3n) is 10.0. The molecule has 2 aromatic rings. The molecule has 45 heavy (non-hydrogen) atoms. The van der Waals surface area contributed by atoms with Crippen LogP contribution in [0.15, 0.2) is 36.4 Å². The molecule has 2 saturated heterocycles. The lowest BCUT2D eigenvalue weighted by Crippen LogP contribution is -2.54. The van der Waals surface area contributed by atoms with Gasteiger partial charge in [0, 0.05) is 61.5 Å². The molecular weight excluding hydrogens is 574 g/mol. The van der Waals surface area contributed by atoms with E-state index in [2.05, 4.69) is 20.4 Å². The van der Waals surface area contributed by atoms with Crippen LogP contribution in [0.2, 0.25) is 0 Å². The Morgan fingerprint density at radius 1 is 0.844 bits per heavy atom. The summed E-state index contributed by atoms with van der Waals surface area (Å²) in [6.45, 7) is 3.58. The predicted molar refractivity (Wildman–Crippen MR) is 165 cm³/mol. The first kappa shape index (κ1) is 29.5. The Morgan fingerprint density at radius 3 is 2.27 bits per heavy atom. The van der Waals surface area contributed by atoms with Gasteiger partial charge in [0.1, 0.15) is 18.4 Å². The van der Waals surface area contributed by atoms with Crippen molar-refractivity contribution in [1.29, 1.82) is 0 Å². The smallest absolute Gasteiger partial charge is 0.262 e. The van der Waals surface area contributed by atoms with Gasteiger partial charge in [-0.15, -0.1) is 0 Å². The van der Waals surface area contributed by atoms with Crippen molar-refractivity contribution in [3.63, 3.8) is 0 Å². The van der Waals surface area contributed by atoms with E-state index in [9.17, 15) is 24.0 Å². The molecule has 0 aromatic heterocycles. The minimum absolute atomic E-state index is 0.0104. The number of imide groups is 2. The lowest BCUT2D eigenvalue weighted by Gasteiger charge is -2.39. The quantitative estimate of drug-likeness (QED) is 0.493. The molecule has 5 amide bonds. The highest BCUT2D eigenvalue weighted by Crippen LogP contribution is 2.35. The molecule has 4 heterocycles. The molecule has 1 unspecified atom stereocenters. The summed E-state index contributed by atoms with van der Waals surface area (Å²) >= 11 is 0. The number of nitrogens with one attached hydrogen (secondary N) is 2. The van der Waals surface area contributed by atoms with Crippen LogP contribution in [0.25, 0.3) is 0 Å². The number of carbonyl (C=O) groups is 5. The standard InChI is InChI=1S/C34H39N5O6/c40-30-11-10-28(32(42)36-30)39-33(43)26-18-22-20-38(16-17-45-29(22)19-27(26)34(39)44)25-12-14-37(15-13-25)24-8-6-21(7-9-24)31(41)35-23-4-2-1-3-5-23/h6-9,18-19,23,25,28H,1-5,10-17,20H2,(H,35,41)(H,36,40,42). The number of carbonyl (C=O) groups excluding carboxylic acids is 5.